The number of aromatic nitrogens is 2. The molecule has 0 radical (unpaired) electrons. The van der Waals surface area contributed by atoms with Gasteiger partial charge >= 0.3 is 6.09 Å². The zero-order valence-electron chi connectivity index (χ0n) is 23.2. The molecule has 1 heterocycles. The maximum absolute atomic E-state index is 12.5. The molecule has 0 bridgehead atoms. The summed E-state index contributed by atoms with van der Waals surface area (Å²) in [6, 6.07) is 7.92. The molecule has 0 unspecified atom stereocenters. The first-order chi connectivity index (χ1) is 18.3. The van der Waals surface area contributed by atoms with Gasteiger partial charge in [0.25, 0.3) is 0 Å². The van der Waals surface area contributed by atoms with Gasteiger partial charge in [0.05, 0.1) is 26.4 Å². The second kappa shape index (κ2) is 15.9. The van der Waals surface area contributed by atoms with Crippen molar-refractivity contribution in [3.63, 3.8) is 0 Å². The summed E-state index contributed by atoms with van der Waals surface area (Å²) in [4.78, 5) is 35.4. The molecular weight excluding hydrogens is 480 g/mol. The highest BCUT2D eigenvalue weighted by Crippen LogP contribution is 2.14. The fraction of sp³-hybridized carbons (Fsp3) is 0.414. The van der Waals surface area contributed by atoms with E-state index < -0.39 is 6.09 Å². The number of alkyl carbamates (subject to hydrolysis) is 1. The van der Waals surface area contributed by atoms with E-state index in [9.17, 15) is 9.59 Å². The molecule has 1 aromatic carbocycles. The molecule has 0 fully saturated rings. The van der Waals surface area contributed by atoms with Crippen LogP contribution in [0.15, 0.2) is 48.8 Å². The average molecular weight is 521 g/mol. The maximum atomic E-state index is 12.5. The van der Waals surface area contributed by atoms with Gasteiger partial charge in [-0.25, -0.2) is 9.78 Å². The van der Waals surface area contributed by atoms with Crippen molar-refractivity contribution in [3.8, 4) is 11.8 Å². The van der Waals surface area contributed by atoms with Gasteiger partial charge in [-0.1, -0.05) is 44.6 Å². The zero-order valence-corrected chi connectivity index (χ0v) is 23.2. The van der Waals surface area contributed by atoms with Crippen LogP contribution in [-0.2, 0) is 16.1 Å². The number of aromatic amines is 1. The molecule has 0 spiro atoms. The van der Waals surface area contributed by atoms with Crippen molar-refractivity contribution in [1.82, 2.24) is 30.4 Å². The molecule has 1 aromatic heterocycles. The molecular formula is C29H40N6O3. The number of amides is 2. The number of imidazole rings is 1. The van der Waals surface area contributed by atoms with Crippen molar-refractivity contribution in [2.24, 2.45) is 0 Å². The van der Waals surface area contributed by atoms with Gasteiger partial charge in [0.2, 0.25) is 5.91 Å². The fourth-order valence-electron chi connectivity index (χ4n) is 3.76. The Hall–Kier alpha value is -4.03. The summed E-state index contributed by atoms with van der Waals surface area (Å²) >= 11 is 0. The highest BCUT2D eigenvalue weighted by Gasteiger charge is 2.15. The summed E-state index contributed by atoms with van der Waals surface area (Å²) in [5.41, 5.74) is 4.19. The van der Waals surface area contributed by atoms with Crippen molar-refractivity contribution in [1.29, 1.82) is 0 Å². The van der Waals surface area contributed by atoms with Crippen molar-refractivity contribution in [2.45, 2.75) is 40.2 Å². The van der Waals surface area contributed by atoms with Crippen molar-refractivity contribution in [3.05, 3.63) is 71.5 Å². The van der Waals surface area contributed by atoms with E-state index in [-0.39, 0.29) is 12.5 Å². The summed E-state index contributed by atoms with van der Waals surface area (Å²) in [6.07, 6.45) is 4.97. The molecule has 9 heteroatoms. The molecule has 204 valence electrons. The Morgan fingerprint density at radius 1 is 1.16 bits per heavy atom. The molecule has 0 atom stereocenters. The molecule has 38 heavy (non-hydrogen) atoms. The number of rotatable bonds is 13. The largest absolute Gasteiger partial charge is 0.453 e. The van der Waals surface area contributed by atoms with E-state index in [2.05, 4.69) is 62.6 Å². The van der Waals surface area contributed by atoms with E-state index in [1.165, 1.54) is 7.11 Å². The van der Waals surface area contributed by atoms with E-state index >= 15 is 0 Å². The number of carbonyl (C=O) groups is 2. The van der Waals surface area contributed by atoms with Crippen LogP contribution in [0.5, 0.6) is 0 Å². The highest BCUT2D eigenvalue weighted by molar-refractivity contribution is 5.82. The number of benzene rings is 1. The van der Waals surface area contributed by atoms with Gasteiger partial charge in [0.1, 0.15) is 18.1 Å². The molecule has 0 aliphatic carbocycles. The predicted octanol–water partition coefficient (Wildman–Crippen LogP) is 3.71. The molecule has 9 nitrogen and oxygen atoms in total. The summed E-state index contributed by atoms with van der Waals surface area (Å²) in [7, 11) is 3.34. The summed E-state index contributed by atoms with van der Waals surface area (Å²) in [5, 5.41) is 5.74. The maximum Gasteiger partial charge on any atom is 0.407 e. The third-order valence-electron chi connectivity index (χ3n) is 5.59. The van der Waals surface area contributed by atoms with Crippen LogP contribution in [0, 0.1) is 11.8 Å². The Labute approximate surface area is 226 Å². The Morgan fingerprint density at radius 3 is 2.50 bits per heavy atom. The summed E-state index contributed by atoms with van der Waals surface area (Å²) in [6.45, 7) is 12.7. The number of allylic oxidation sites excluding steroid dienone is 1. The number of ether oxygens (including phenoxy) is 1. The van der Waals surface area contributed by atoms with Gasteiger partial charge in [-0.15, -0.1) is 0 Å². The molecule has 0 saturated heterocycles. The monoisotopic (exact) mass is 520 g/mol. The molecule has 2 aromatic rings. The number of nitrogens with zero attached hydrogens (tertiary/aromatic N) is 3. The molecule has 0 aliphatic rings. The Kier molecular flexibility index (Phi) is 12.7. The molecule has 2 amide bonds. The van der Waals surface area contributed by atoms with Crippen molar-refractivity contribution >= 4 is 17.7 Å². The van der Waals surface area contributed by atoms with Gasteiger partial charge in [-0.3, -0.25) is 9.69 Å². The van der Waals surface area contributed by atoms with Crippen LogP contribution in [-0.4, -0.2) is 72.1 Å². The number of methoxy groups -OCH3 is 1. The zero-order chi connectivity index (χ0) is 27.9. The van der Waals surface area contributed by atoms with E-state index in [0.29, 0.717) is 18.8 Å². The first-order valence-corrected chi connectivity index (χ1v) is 12.8. The van der Waals surface area contributed by atoms with Crippen molar-refractivity contribution < 1.29 is 14.3 Å². The van der Waals surface area contributed by atoms with Crippen LogP contribution in [0.25, 0.3) is 5.70 Å². The smallest absolute Gasteiger partial charge is 0.407 e. The average Bonchev–Trinajstić information content (AvgIpc) is 3.36. The lowest BCUT2D eigenvalue weighted by Gasteiger charge is -2.24. The second-order valence-electron chi connectivity index (χ2n) is 8.90. The minimum Gasteiger partial charge on any atom is -0.453 e. The van der Waals surface area contributed by atoms with Crippen LogP contribution < -0.4 is 10.6 Å². The van der Waals surface area contributed by atoms with Crippen molar-refractivity contribution in [2.75, 3.05) is 40.3 Å². The number of H-pyrrole nitrogens is 1. The van der Waals surface area contributed by atoms with E-state index in [4.69, 9.17) is 0 Å². The third-order valence-corrected chi connectivity index (χ3v) is 5.59. The number of nitrogens with one attached hydrogen (secondary N) is 3. The van der Waals surface area contributed by atoms with Crippen LogP contribution in [0.3, 0.4) is 0 Å². The lowest BCUT2D eigenvalue weighted by molar-refractivity contribution is -0.129. The lowest BCUT2D eigenvalue weighted by Crippen LogP contribution is -2.42. The Balaban J connectivity index is 1.98. The van der Waals surface area contributed by atoms with E-state index in [1.807, 2.05) is 44.2 Å². The minimum absolute atomic E-state index is 0.130. The SMILES string of the molecule is C=C(CN(CCC)C(=O)CNC(=O)OC)N/C(=C\C)c1ccc(C#Cc2cnc(CN(C)CCC)[nH]2)cc1. The predicted molar refractivity (Wildman–Crippen MR) is 151 cm³/mol. The molecule has 2 rings (SSSR count). The normalized spacial score (nSPS) is 10.9. The summed E-state index contributed by atoms with van der Waals surface area (Å²) < 4.78 is 4.53. The first-order valence-electron chi connectivity index (χ1n) is 12.8. The van der Waals surface area contributed by atoms with E-state index in [1.54, 1.807) is 11.1 Å². The van der Waals surface area contributed by atoms with Gasteiger partial charge in [-0.2, -0.15) is 0 Å². The number of hydrogen-bond donors (Lipinski definition) is 3. The molecule has 0 aliphatic heterocycles. The van der Waals surface area contributed by atoms with Gasteiger partial charge in [0.15, 0.2) is 0 Å². The van der Waals surface area contributed by atoms with E-state index in [0.717, 1.165) is 54.3 Å². The Bertz CT molecular complexity index is 1160. The fourth-order valence-corrected chi connectivity index (χ4v) is 3.76. The second-order valence-corrected chi connectivity index (χ2v) is 8.90. The van der Waals surface area contributed by atoms with Gasteiger partial charge in [0, 0.05) is 23.5 Å². The van der Waals surface area contributed by atoms with Crippen LogP contribution in [0.2, 0.25) is 0 Å². The Morgan fingerprint density at radius 2 is 1.87 bits per heavy atom. The van der Waals surface area contributed by atoms with Crippen LogP contribution in [0.1, 0.15) is 56.3 Å². The van der Waals surface area contributed by atoms with Gasteiger partial charge in [-0.05, 0) is 57.0 Å². The molecule has 0 saturated carbocycles. The molecule has 3 N–H and O–H groups in total. The quantitative estimate of drug-likeness (QED) is 0.348. The summed E-state index contributed by atoms with van der Waals surface area (Å²) in [5.74, 6) is 7.02. The third kappa shape index (κ3) is 10.1. The standard InChI is InChI=1S/C29H40N6O3/c1-7-16-34(5)21-27-30-18-25(33-27)15-12-23-10-13-24(14-11-23)26(9-3)32-22(4)20-35(17-8-2)28(36)19-31-29(37)38-6/h9-11,13-14,18,32H,4,7-8,16-17,19-21H2,1-3,5-6H3,(H,30,33)(H,31,37)/b26-9-. The lowest BCUT2D eigenvalue weighted by atomic mass is 10.1. The topological polar surface area (TPSA) is 103 Å². The number of carbonyl (C=O) groups excluding carboxylic acids is 2. The minimum atomic E-state index is -0.638. The first kappa shape index (κ1) is 30.2. The van der Waals surface area contributed by atoms with Crippen LogP contribution in [0.4, 0.5) is 4.79 Å². The van der Waals surface area contributed by atoms with Crippen LogP contribution >= 0.6 is 0 Å². The highest BCUT2D eigenvalue weighted by atomic mass is 16.5. The number of hydrogen-bond acceptors (Lipinski definition) is 6. The van der Waals surface area contributed by atoms with Gasteiger partial charge < -0.3 is 25.3 Å².